The van der Waals surface area contributed by atoms with Gasteiger partial charge in [-0.25, -0.2) is 0 Å². The van der Waals surface area contributed by atoms with Gasteiger partial charge in [-0.1, -0.05) is 23.7 Å². The molecule has 2 saturated heterocycles. The SMILES string of the molecule is N=C/C(=C\N)c1ccc(C(=N)SC(=N)N2CCC3(CCCNC3)C2)c(Cl)c1. The number of nitrogens with one attached hydrogen (secondary N) is 4. The molecule has 2 fully saturated rings. The summed E-state index contributed by atoms with van der Waals surface area (Å²) in [6.45, 7) is 3.87. The van der Waals surface area contributed by atoms with Crippen molar-refractivity contribution < 1.29 is 0 Å². The molecular weight excluding hydrogens is 380 g/mol. The summed E-state index contributed by atoms with van der Waals surface area (Å²) in [6.07, 6.45) is 6.04. The van der Waals surface area contributed by atoms with Crippen molar-refractivity contribution in [3.63, 3.8) is 0 Å². The summed E-state index contributed by atoms with van der Waals surface area (Å²) >= 11 is 7.49. The van der Waals surface area contributed by atoms with Crippen LogP contribution >= 0.6 is 23.4 Å². The second kappa shape index (κ2) is 8.46. The van der Waals surface area contributed by atoms with E-state index in [0.717, 1.165) is 49.9 Å². The average Bonchev–Trinajstić information content (AvgIpc) is 3.07. The van der Waals surface area contributed by atoms with Gasteiger partial charge in [-0.15, -0.1) is 0 Å². The van der Waals surface area contributed by atoms with Crippen molar-refractivity contribution >= 4 is 45.4 Å². The fraction of sp³-hybridized carbons (Fsp3) is 0.421. The minimum absolute atomic E-state index is 0.257. The number of thioether (sulfide) groups is 1. The minimum atomic E-state index is 0.257. The summed E-state index contributed by atoms with van der Waals surface area (Å²) < 4.78 is 0. The normalized spacial score (nSPS) is 22.9. The molecule has 1 atom stereocenters. The van der Waals surface area contributed by atoms with Crippen LogP contribution in [0, 0.1) is 21.6 Å². The first-order valence-corrected chi connectivity index (χ1v) is 10.2. The van der Waals surface area contributed by atoms with Gasteiger partial charge in [0.25, 0.3) is 0 Å². The van der Waals surface area contributed by atoms with Gasteiger partial charge in [0.15, 0.2) is 5.17 Å². The fourth-order valence-electron chi connectivity index (χ4n) is 3.81. The van der Waals surface area contributed by atoms with Gasteiger partial charge >= 0.3 is 0 Å². The van der Waals surface area contributed by atoms with Crippen LogP contribution in [0.3, 0.4) is 0 Å². The standard InChI is InChI=1S/C19H25ClN6S/c20-16-8-13(14(9-21)10-22)2-3-15(16)17(23)27-18(24)26-7-5-19(12-26)4-1-6-25-11-19/h2-3,8-10,21,23-25H,1,4-7,11-12,22H2/b14-10+,21-9?,23-17?,24-18?. The summed E-state index contributed by atoms with van der Waals surface area (Å²) in [5, 5.41) is 28.8. The van der Waals surface area contributed by atoms with E-state index in [1.165, 1.54) is 25.3 Å². The van der Waals surface area contributed by atoms with Gasteiger partial charge in [0.1, 0.15) is 5.04 Å². The number of amidine groups is 1. The van der Waals surface area contributed by atoms with E-state index in [1.54, 1.807) is 18.2 Å². The van der Waals surface area contributed by atoms with E-state index in [2.05, 4.69) is 10.2 Å². The third-order valence-electron chi connectivity index (χ3n) is 5.37. The highest BCUT2D eigenvalue weighted by atomic mass is 35.5. The van der Waals surface area contributed by atoms with Crippen LogP contribution in [0.4, 0.5) is 0 Å². The van der Waals surface area contributed by atoms with Gasteiger partial charge in [-0.05, 0) is 49.2 Å². The van der Waals surface area contributed by atoms with Crippen LogP contribution in [0.2, 0.25) is 5.02 Å². The van der Waals surface area contributed by atoms with Crippen molar-refractivity contribution in [2.75, 3.05) is 26.2 Å². The van der Waals surface area contributed by atoms with Crippen molar-refractivity contribution in [1.82, 2.24) is 10.2 Å². The molecule has 27 heavy (non-hydrogen) atoms. The van der Waals surface area contributed by atoms with Crippen molar-refractivity contribution in [2.24, 2.45) is 11.1 Å². The molecule has 2 aliphatic rings. The molecule has 0 saturated carbocycles. The van der Waals surface area contributed by atoms with Crippen LogP contribution in [0.5, 0.6) is 0 Å². The van der Waals surface area contributed by atoms with Crippen LogP contribution in [0.1, 0.15) is 30.4 Å². The number of hydrogen-bond acceptors (Lipinski definition) is 6. The van der Waals surface area contributed by atoms with E-state index >= 15 is 0 Å². The van der Waals surface area contributed by atoms with E-state index in [0.29, 0.717) is 21.3 Å². The van der Waals surface area contributed by atoms with Gasteiger partial charge in [-0.2, -0.15) is 0 Å². The van der Waals surface area contributed by atoms with Crippen LogP contribution in [-0.4, -0.2) is 47.5 Å². The molecule has 6 N–H and O–H groups in total. The number of hydrogen-bond donors (Lipinski definition) is 5. The third kappa shape index (κ3) is 4.36. The predicted octanol–water partition coefficient (Wildman–Crippen LogP) is 3.36. The first-order valence-electron chi connectivity index (χ1n) is 9.01. The lowest BCUT2D eigenvalue weighted by molar-refractivity contribution is 0.223. The first-order chi connectivity index (χ1) is 13.0. The smallest absolute Gasteiger partial charge is 0.162 e. The third-order valence-corrected chi connectivity index (χ3v) is 6.56. The van der Waals surface area contributed by atoms with Gasteiger partial charge in [0, 0.05) is 48.6 Å². The Kier molecular flexibility index (Phi) is 6.24. The maximum absolute atomic E-state index is 8.44. The van der Waals surface area contributed by atoms with E-state index in [-0.39, 0.29) is 10.5 Å². The quantitative estimate of drug-likeness (QED) is 0.392. The van der Waals surface area contributed by atoms with Crippen LogP contribution in [0.25, 0.3) is 5.57 Å². The molecule has 1 aromatic carbocycles. The second-order valence-electron chi connectivity index (χ2n) is 7.15. The zero-order chi connectivity index (χ0) is 19.4. The largest absolute Gasteiger partial charge is 0.404 e. The Morgan fingerprint density at radius 2 is 2.15 bits per heavy atom. The van der Waals surface area contributed by atoms with E-state index in [4.69, 9.17) is 33.6 Å². The molecule has 0 radical (unpaired) electrons. The van der Waals surface area contributed by atoms with Crippen LogP contribution < -0.4 is 11.1 Å². The predicted molar refractivity (Wildman–Crippen MR) is 115 cm³/mol. The molecule has 8 heteroatoms. The monoisotopic (exact) mass is 404 g/mol. The van der Waals surface area contributed by atoms with E-state index in [1.807, 2.05) is 0 Å². The molecular formula is C19H25ClN6S. The Morgan fingerprint density at radius 3 is 2.78 bits per heavy atom. The maximum atomic E-state index is 8.44. The molecule has 1 aromatic rings. The number of likely N-dealkylation sites (tertiary alicyclic amines) is 1. The molecule has 0 bridgehead atoms. The van der Waals surface area contributed by atoms with Crippen molar-refractivity contribution in [3.8, 4) is 0 Å². The lowest BCUT2D eigenvalue weighted by Gasteiger charge is -2.34. The molecule has 0 aromatic heterocycles. The number of benzene rings is 1. The summed E-state index contributed by atoms with van der Waals surface area (Å²) in [6, 6.07) is 5.25. The lowest BCUT2D eigenvalue weighted by atomic mass is 9.80. The number of rotatable bonds is 3. The molecule has 1 spiro atoms. The van der Waals surface area contributed by atoms with Crippen LogP contribution in [-0.2, 0) is 0 Å². The minimum Gasteiger partial charge on any atom is -0.404 e. The van der Waals surface area contributed by atoms with E-state index < -0.39 is 0 Å². The Balaban J connectivity index is 1.65. The molecule has 2 heterocycles. The topological polar surface area (TPSA) is 113 Å². The number of halogens is 1. The molecule has 1 unspecified atom stereocenters. The van der Waals surface area contributed by atoms with Crippen molar-refractivity contribution in [3.05, 3.63) is 40.5 Å². The second-order valence-corrected chi connectivity index (χ2v) is 8.56. The molecule has 0 aliphatic carbocycles. The number of allylic oxidation sites excluding steroid dienone is 1. The molecule has 2 aliphatic heterocycles. The number of piperidine rings is 1. The van der Waals surface area contributed by atoms with E-state index in [9.17, 15) is 0 Å². The first kappa shape index (κ1) is 19.9. The highest BCUT2D eigenvalue weighted by Gasteiger charge is 2.40. The lowest BCUT2D eigenvalue weighted by Crippen LogP contribution is -2.42. The van der Waals surface area contributed by atoms with Crippen LogP contribution in [0.15, 0.2) is 24.4 Å². The highest BCUT2D eigenvalue weighted by molar-refractivity contribution is 8.26. The van der Waals surface area contributed by atoms with Gasteiger partial charge in [0.2, 0.25) is 0 Å². The Bertz CT molecular complexity index is 784. The summed E-state index contributed by atoms with van der Waals surface area (Å²) in [4.78, 5) is 2.08. The van der Waals surface area contributed by atoms with Crippen molar-refractivity contribution in [2.45, 2.75) is 19.3 Å². The van der Waals surface area contributed by atoms with Gasteiger partial charge in [-0.3, -0.25) is 10.8 Å². The number of nitrogens with zero attached hydrogens (tertiary/aromatic N) is 1. The highest BCUT2D eigenvalue weighted by Crippen LogP contribution is 2.37. The zero-order valence-electron chi connectivity index (χ0n) is 15.1. The Morgan fingerprint density at radius 1 is 1.33 bits per heavy atom. The Labute approximate surface area is 169 Å². The molecule has 0 amide bonds. The molecule has 144 valence electrons. The summed E-state index contributed by atoms with van der Waals surface area (Å²) in [7, 11) is 0. The Hall–Kier alpha value is -1.83. The summed E-state index contributed by atoms with van der Waals surface area (Å²) in [5.74, 6) is 0. The molecule has 3 rings (SSSR count). The van der Waals surface area contributed by atoms with Crippen molar-refractivity contribution in [1.29, 1.82) is 16.2 Å². The molecule has 6 nitrogen and oxygen atoms in total. The average molecular weight is 405 g/mol. The van der Waals surface area contributed by atoms with Gasteiger partial charge < -0.3 is 21.4 Å². The fourth-order valence-corrected chi connectivity index (χ4v) is 4.91. The number of nitrogens with two attached hydrogens (primary N) is 1. The van der Waals surface area contributed by atoms with Gasteiger partial charge in [0.05, 0.1) is 5.02 Å². The zero-order valence-corrected chi connectivity index (χ0v) is 16.7. The summed E-state index contributed by atoms with van der Waals surface area (Å²) in [5.41, 5.74) is 7.69. The maximum Gasteiger partial charge on any atom is 0.162 e.